The van der Waals surface area contributed by atoms with E-state index < -0.39 is 0 Å². The first-order valence-electron chi connectivity index (χ1n) is 8.88. The number of amides is 1. The van der Waals surface area contributed by atoms with Crippen LogP contribution >= 0.6 is 0 Å². The third-order valence-electron chi connectivity index (χ3n) is 4.39. The van der Waals surface area contributed by atoms with Gasteiger partial charge in [-0.3, -0.25) is 4.79 Å². The van der Waals surface area contributed by atoms with Crippen LogP contribution in [-0.4, -0.2) is 50.3 Å². The minimum absolute atomic E-state index is 0.165. The lowest BCUT2D eigenvalue weighted by Gasteiger charge is -2.36. The zero-order valence-corrected chi connectivity index (χ0v) is 15.8. The summed E-state index contributed by atoms with van der Waals surface area (Å²) in [6.07, 6.45) is 1.98. The van der Waals surface area contributed by atoms with Gasteiger partial charge in [0.05, 0.1) is 29.1 Å². The molecule has 0 bridgehead atoms. The van der Waals surface area contributed by atoms with E-state index in [1.807, 2.05) is 55.4 Å². The summed E-state index contributed by atoms with van der Waals surface area (Å²) in [5.74, 6) is 0.708. The van der Waals surface area contributed by atoms with Crippen LogP contribution in [0.1, 0.15) is 24.2 Å². The molecule has 1 aromatic carbocycles. The average molecular weight is 354 g/mol. The largest absolute Gasteiger partial charge is 0.376 e. The van der Waals surface area contributed by atoms with E-state index in [9.17, 15) is 4.79 Å². The molecule has 6 nitrogen and oxygen atoms in total. The molecule has 0 spiro atoms. The number of hydrogen-bond acceptors (Lipinski definition) is 5. The Morgan fingerprint density at radius 3 is 2.46 bits per heavy atom. The average Bonchev–Trinajstić information content (AvgIpc) is 2.61. The minimum Gasteiger partial charge on any atom is -0.376 e. The lowest BCUT2D eigenvalue weighted by molar-refractivity contribution is -0.00546. The van der Waals surface area contributed by atoms with E-state index >= 15 is 0 Å². The van der Waals surface area contributed by atoms with Crippen molar-refractivity contribution in [1.29, 1.82) is 0 Å². The summed E-state index contributed by atoms with van der Waals surface area (Å²) in [5, 5.41) is 2.97. The molecule has 138 valence electrons. The molecule has 0 saturated carbocycles. The summed E-state index contributed by atoms with van der Waals surface area (Å²) in [6.45, 7) is 5.73. The lowest BCUT2D eigenvalue weighted by atomic mass is 10.2. The van der Waals surface area contributed by atoms with Crippen molar-refractivity contribution in [1.82, 2.24) is 4.98 Å². The highest BCUT2D eigenvalue weighted by molar-refractivity contribution is 6.05. The Morgan fingerprint density at radius 1 is 1.15 bits per heavy atom. The summed E-state index contributed by atoms with van der Waals surface area (Å²) in [4.78, 5) is 21.2. The second kappa shape index (κ2) is 7.74. The van der Waals surface area contributed by atoms with Gasteiger partial charge in [-0.05, 0) is 38.1 Å². The van der Waals surface area contributed by atoms with Crippen LogP contribution in [0.15, 0.2) is 42.6 Å². The van der Waals surface area contributed by atoms with E-state index in [1.54, 1.807) is 6.20 Å². The predicted octanol–water partition coefficient (Wildman–Crippen LogP) is 3.01. The normalized spacial score (nSPS) is 19.9. The predicted molar refractivity (Wildman–Crippen MR) is 105 cm³/mol. The van der Waals surface area contributed by atoms with Crippen molar-refractivity contribution in [3.8, 4) is 0 Å². The van der Waals surface area contributed by atoms with Crippen LogP contribution < -0.4 is 15.1 Å². The monoisotopic (exact) mass is 354 g/mol. The zero-order chi connectivity index (χ0) is 18.7. The number of carbonyl (C=O) groups excluding carboxylic acids is 1. The molecule has 2 atom stereocenters. The van der Waals surface area contributed by atoms with Gasteiger partial charge in [0.1, 0.15) is 5.82 Å². The second-order valence-electron chi connectivity index (χ2n) is 6.93. The first-order chi connectivity index (χ1) is 12.4. The number of pyridine rings is 1. The van der Waals surface area contributed by atoms with Gasteiger partial charge in [0.2, 0.25) is 0 Å². The SMILES string of the molecule is CC1CN(c2ccc(C(=O)Nc3ccccc3N(C)C)cn2)CC(C)O1. The standard InChI is InChI=1S/C20H26N4O2/c1-14-12-24(13-15(2)26-14)19-10-9-16(11-21-19)20(25)22-17-7-5-6-8-18(17)23(3)4/h5-11,14-15H,12-13H2,1-4H3,(H,22,25). The van der Waals surface area contributed by atoms with Crippen molar-refractivity contribution < 1.29 is 9.53 Å². The number of rotatable bonds is 4. The zero-order valence-electron chi connectivity index (χ0n) is 15.8. The van der Waals surface area contributed by atoms with Gasteiger partial charge in [-0.25, -0.2) is 4.98 Å². The summed E-state index contributed by atoms with van der Waals surface area (Å²) < 4.78 is 5.76. The van der Waals surface area contributed by atoms with Crippen LogP contribution in [0.4, 0.5) is 17.2 Å². The van der Waals surface area contributed by atoms with E-state index in [1.165, 1.54) is 0 Å². The van der Waals surface area contributed by atoms with E-state index in [0.29, 0.717) is 5.56 Å². The van der Waals surface area contributed by atoms with E-state index in [0.717, 1.165) is 30.3 Å². The highest BCUT2D eigenvalue weighted by atomic mass is 16.5. The Balaban J connectivity index is 1.72. The van der Waals surface area contributed by atoms with Crippen LogP contribution in [0.25, 0.3) is 0 Å². The molecule has 26 heavy (non-hydrogen) atoms. The molecule has 1 fully saturated rings. The number of para-hydroxylation sites is 2. The van der Waals surface area contributed by atoms with Crippen LogP contribution in [0.3, 0.4) is 0 Å². The quantitative estimate of drug-likeness (QED) is 0.915. The Kier molecular flexibility index (Phi) is 5.42. The van der Waals surface area contributed by atoms with Gasteiger partial charge in [0.15, 0.2) is 0 Å². The van der Waals surface area contributed by atoms with Gasteiger partial charge in [0, 0.05) is 33.4 Å². The second-order valence-corrected chi connectivity index (χ2v) is 6.93. The fourth-order valence-electron chi connectivity index (χ4n) is 3.24. The first-order valence-corrected chi connectivity index (χ1v) is 8.88. The summed E-state index contributed by atoms with van der Waals surface area (Å²) in [6, 6.07) is 11.4. The molecule has 2 unspecified atom stereocenters. The molecule has 1 amide bonds. The number of hydrogen-bond donors (Lipinski definition) is 1. The molecule has 2 aromatic rings. The number of ether oxygens (including phenoxy) is 1. The molecule has 0 aliphatic carbocycles. The molecule has 1 aromatic heterocycles. The molecule has 1 N–H and O–H groups in total. The number of carbonyl (C=O) groups is 1. The fourth-order valence-corrected chi connectivity index (χ4v) is 3.24. The van der Waals surface area contributed by atoms with Crippen molar-refractivity contribution in [2.24, 2.45) is 0 Å². The molecular weight excluding hydrogens is 328 g/mol. The van der Waals surface area contributed by atoms with Crippen molar-refractivity contribution >= 4 is 23.1 Å². The van der Waals surface area contributed by atoms with Crippen molar-refractivity contribution in [2.45, 2.75) is 26.1 Å². The molecule has 3 rings (SSSR count). The number of aromatic nitrogens is 1. The van der Waals surface area contributed by atoms with Crippen molar-refractivity contribution in [2.75, 3.05) is 42.3 Å². The number of morpholine rings is 1. The first kappa shape index (κ1) is 18.2. The van der Waals surface area contributed by atoms with Crippen molar-refractivity contribution in [3.05, 3.63) is 48.2 Å². The molecule has 1 aliphatic rings. The number of benzene rings is 1. The van der Waals surface area contributed by atoms with Gasteiger partial charge in [-0.1, -0.05) is 12.1 Å². The number of nitrogens with zero attached hydrogens (tertiary/aromatic N) is 3. The number of anilines is 3. The maximum Gasteiger partial charge on any atom is 0.257 e. The highest BCUT2D eigenvalue weighted by Gasteiger charge is 2.23. The molecule has 0 radical (unpaired) electrons. The van der Waals surface area contributed by atoms with Crippen LogP contribution in [0, 0.1) is 0 Å². The Bertz CT molecular complexity index is 751. The maximum atomic E-state index is 12.6. The van der Waals surface area contributed by atoms with Gasteiger partial charge in [0.25, 0.3) is 5.91 Å². The van der Waals surface area contributed by atoms with E-state index in [2.05, 4.69) is 29.0 Å². The maximum absolute atomic E-state index is 12.6. The third-order valence-corrected chi connectivity index (χ3v) is 4.39. The van der Waals surface area contributed by atoms with Crippen LogP contribution in [0.2, 0.25) is 0 Å². The van der Waals surface area contributed by atoms with E-state index in [4.69, 9.17) is 4.74 Å². The van der Waals surface area contributed by atoms with Gasteiger partial charge >= 0.3 is 0 Å². The van der Waals surface area contributed by atoms with Gasteiger partial charge < -0.3 is 19.9 Å². The molecule has 1 saturated heterocycles. The topological polar surface area (TPSA) is 57.7 Å². The summed E-state index contributed by atoms with van der Waals surface area (Å²) >= 11 is 0. The lowest BCUT2D eigenvalue weighted by Crippen LogP contribution is -2.45. The van der Waals surface area contributed by atoms with E-state index in [-0.39, 0.29) is 18.1 Å². The third kappa shape index (κ3) is 4.14. The minimum atomic E-state index is -0.165. The highest BCUT2D eigenvalue weighted by Crippen LogP contribution is 2.24. The fraction of sp³-hybridized carbons (Fsp3) is 0.400. The molecular formula is C20H26N4O2. The Labute approximate surface area is 154 Å². The smallest absolute Gasteiger partial charge is 0.257 e. The summed E-state index contributed by atoms with van der Waals surface area (Å²) in [7, 11) is 3.90. The molecule has 2 heterocycles. The summed E-state index contributed by atoms with van der Waals surface area (Å²) in [5.41, 5.74) is 2.28. The van der Waals surface area contributed by atoms with Crippen LogP contribution in [0.5, 0.6) is 0 Å². The Morgan fingerprint density at radius 2 is 1.85 bits per heavy atom. The molecule has 1 aliphatic heterocycles. The van der Waals surface area contributed by atoms with Gasteiger partial charge in [-0.15, -0.1) is 0 Å². The van der Waals surface area contributed by atoms with Crippen molar-refractivity contribution in [3.63, 3.8) is 0 Å². The van der Waals surface area contributed by atoms with Crippen LogP contribution in [-0.2, 0) is 4.74 Å². The molecule has 6 heteroatoms. The Hall–Kier alpha value is -2.60. The van der Waals surface area contributed by atoms with Gasteiger partial charge in [-0.2, -0.15) is 0 Å². The number of nitrogens with one attached hydrogen (secondary N) is 1.